The van der Waals surface area contributed by atoms with Crippen molar-refractivity contribution in [2.24, 2.45) is 5.92 Å². The number of hydrogen-bond donors (Lipinski definition) is 1. The molecule has 1 saturated heterocycles. The number of likely N-dealkylation sites (tertiary alicyclic amines) is 1. The molecule has 0 bridgehead atoms. The summed E-state index contributed by atoms with van der Waals surface area (Å²) in [5.74, 6) is 0.898. The second-order valence-electron chi connectivity index (χ2n) is 4.58. The summed E-state index contributed by atoms with van der Waals surface area (Å²) in [6.07, 6.45) is 4.07. The molecule has 1 fully saturated rings. The van der Waals surface area contributed by atoms with Gasteiger partial charge in [0, 0.05) is 26.2 Å². The van der Waals surface area contributed by atoms with Gasteiger partial charge < -0.3 is 10.1 Å². The second kappa shape index (κ2) is 7.20. The molecule has 1 aliphatic rings. The number of rotatable bonds is 6. The Bertz CT molecular complexity index is 158. The van der Waals surface area contributed by atoms with Crippen molar-refractivity contribution in [1.29, 1.82) is 0 Å². The van der Waals surface area contributed by atoms with Crippen LogP contribution in [0.25, 0.3) is 0 Å². The van der Waals surface area contributed by atoms with Crippen LogP contribution in [0.2, 0.25) is 0 Å². The Morgan fingerprint density at radius 1 is 1.53 bits per heavy atom. The van der Waals surface area contributed by atoms with Gasteiger partial charge in [-0.15, -0.1) is 0 Å². The van der Waals surface area contributed by atoms with Crippen LogP contribution in [-0.4, -0.2) is 51.3 Å². The predicted molar refractivity (Wildman–Crippen MR) is 64.2 cm³/mol. The molecule has 2 atom stereocenters. The minimum atomic E-state index is 0.550. The summed E-state index contributed by atoms with van der Waals surface area (Å²) in [5.41, 5.74) is 0. The highest BCUT2D eigenvalue weighted by atomic mass is 16.5. The molecule has 0 aromatic carbocycles. The van der Waals surface area contributed by atoms with Crippen molar-refractivity contribution in [3.05, 3.63) is 0 Å². The fourth-order valence-electron chi connectivity index (χ4n) is 2.48. The molecule has 1 heterocycles. The van der Waals surface area contributed by atoms with Gasteiger partial charge in [-0.25, -0.2) is 0 Å². The van der Waals surface area contributed by atoms with E-state index in [2.05, 4.69) is 17.1 Å². The molecule has 0 saturated carbocycles. The zero-order chi connectivity index (χ0) is 11.1. The molecule has 0 amide bonds. The standard InChI is InChI=1S/C12H26N2O/c1-4-11-6-5-7-14(9-11)12(8-13-2)10-15-3/h11-13H,4-10H2,1-3H3. The number of hydrogen-bond acceptors (Lipinski definition) is 3. The zero-order valence-electron chi connectivity index (χ0n) is 10.5. The Morgan fingerprint density at radius 3 is 2.93 bits per heavy atom. The zero-order valence-corrected chi connectivity index (χ0v) is 10.5. The lowest BCUT2D eigenvalue weighted by molar-refractivity contribution is 0.0593. The van der Waals surface area contributed by atoms with Crippen LogP contribution in [0.15, 0.2) is 0 Å². The van der Waals surface area contributed by atoms with Gasteiger partial charge in [0.1, 0.15) is 0 Å². The average Bonchev–Trinajstić information content (AvgIpc) is 2.29. The van der Waals surface area contributed by atoms with E-state index in [-0.39, 0.29) is 0 Å². The Morgan fingerprint density at radius 2 is 2.33 bits per heavy atom. The first kappa shape index (κ1) is 12.9. The van der Waals surface area contributed by atoms with Crippen LogP contribution in [0.1, 0.15) is 26.2 Å². The van der Waals surface area contributed by atoms with E-state index in [1.165, 1.54) is 32.4 Å². The van der Waals surface area contributed by atoms with Gasteiger partial charge in [0.15, 0.2) is 0 Å². The van der Waals surface area contributed by atoms with Gasteiger partial charge in [0.25, 0.3) is 0 Å². The van der Waals surface area contributed by atoms with Crippen molar-refractivity contribution >= 4 is 0 Å². The van der Waals surface area contributed by atoms with Crippen LogP contribution >= 0.6 is 0 Å². The van der Waals surface area contributed by atoms with Gasteiger partial charge in [-0.05, 0) is 32.4 Å². The van der Waals surface area contributed by atoms with Gasteiger partial charge in [0.05, 0.1) is 6.61 Å². The van der Waals surface area contributed by atoms with E-state index in [9.17, 15) is 0 Å². The van der Waals surface area contributed by atoms with Crippen LogP contribution < -0.4 is 5.32 Å². The fourth-order valence-corrected chi connectivity index (χ4v) is 2.48. The summed E-state index contributed by atoms with van der Waals surface area (Å²) in [6.45, 7) is 6.68. The molecule has 0 radical (unpaired) electrons. The first-order chi connectivity index (χ1) is 7.31. The van der Waals surface area contributed by atoms with Crippen molar-refractivity contribution in [3.63, 3.8) is 0 Å². The molecular formula is C12H26N2O. The lowest BCUT2D eigenvalue weighted by atomic mass is 9.94. The molecule has 90 valence electrons. The first-order valence-corrected chi connectivity index (χ1v) is 6.19. The molecule has 3 heteroatoms. The van der Waals surface area contributed by atoms with E-state index >= 15 is 0 Å². The van der Waals surface area contributed by atoms with Crippen molar-refractivity contribution in [2.75, 3.05) is 40.4 Å². The highest BCUT2D eigenvalue weighted by Gasteiger charge is 2.24. The summed E-state index contributed by atoms with van der Waals surface area (Å²) in [5, 5.41) is 3.26. The molecule has 0 aliphatic carbocycles. The Kier molecular flexibility index (Phi) is 6.22. The third-order valence-electron chi connectivity index (χ3n) is 3.44. The summed E-state index contributed by atoms with van der Waals surface area (Å²) < 4.78 is 5.30. The summed E-state index contributed by atoms with van der Waals surface area (Å²) in [4.78, 5) is 2.59. The SMILES string of the molecule is CCC1CCCN(C(CNC)COC)C1. The molecule has 15 heavy (non-hydrogen) atoms. The van der Waals surface area contributed by atoms with E-state index in [1.54, 1.807) is 7.11 Å². The minimum absolute atomic E-state index is 0.550. The maximum absolute atomic E-state index is 5.30. The third-order valence-corrected chi connectivity index (χ3v) is 3.44. The third kappa shape index (κ3) is 4.09. The lowest BCUT2D eigenvalue weighted by Crippen LogP contribution is -2.48. The molecular weight excluding hydrogens is 188 g/mol. The van der Waals surface area contributed by atoms with Crippen LogP contribution in [-0.2, 0) is 4.74 Å². The van der Waals surface area contributed by atoms with Gasteiger partial charge in [0.2, 0.25) is 0 Å². The number of piperidine rings is 1. The number of nitrogens with zero attached hydrogens (tertiary/aromatic N) is 1. The second-order valence-corrected chi connectivity index (χ2v) is 4.58. The number of ether oxygens (including phenoxy) is 1. The van der Waals surface area contributed by atoms with Crippen molar-refractivity contribution in [3.8, 4) is 0 Å². The topological polar surface area (TPSA) is 24.5 Å². The predicted octanol–water partition coefficient (Wildman–Crippen LogP) is 1.34. The molecule has 1 N–H and O–H groups in total. The smallest absolute Gasteiger partial charge is 0.0630 e. The minimum Gasteiger partial charge on any atom is -0.383 e. The number of nitrogens with one attached hydrogen (secondary N) is 1. The highest BCUT2D eigenvalue weighted by Crippen LogP contribution is 2.20. The fraction of sp³-hybridized carbons (Fsp3) is 1.00. The molecule has 2 unspecified atom stereocenters. The number of methoxy groups -OCH3 is 1. The van der Waals surface area contributed by atoms with Gasteiger partial charge in [-0.2, -0.15) is 0 Å². The first-order valence-electron chi connectivity index (χ1n) is 6.19. The Balaban J connectivity index is 2.42. The summed E-state index contributed by atoms with van der Waals surface area (Å²) >= 11 is 0. The average molecular weight is 214 g/mol. The van der Waals surface area contributed by atoms with Crippen molar-refractivity contribution < 1.29 is 4.74 Å². The van der Waals surface area contributed by atoms with Gasteiger partial charge in [-0.3, -0.25) is 4.90 Å². The van der Waals surface area contributed by atoms with Crippen LogP contribution in [0.4, 0.5) is 0 Å². The maximum atomic E-state index is 5.30. The van der Waals surface area contributed by atoms with E-state index in [0.29, 0.717) is 6.04 Å². The molecule has 0 spiro atoms. The molecule has 1 rings (SSSR count). The normalized spacial score (nSPS) is 25.4. The van der Waals surface area contributed by atoms with E-state index in [0.717, 1.165) is 19.1 Å². The summed E-state index contributed by atoms with van der Waals surface area (Å²) in [6, 6.07) is 0.550. The monoisotopic (exact) mass is 214 g/mol. The molecule has 0 aromatic heterocycles. The van der Waals surface area contributed by atoms with Gasteiger partial charge in [-0.1, -0.05) is 13.3 Å². The van der Waals surface area contributed by atoms with Gasteiger partial charge >= 0.3 is 0 Å². The highest BCUT2D eigenvalue weighted by molar-refractivity contribution is 4.79. The molecule has 3 nitrogen and oxygen atoms in total. The van der Waals surface area contributed by atoms with E-state index in [4.69, 9.17) is 4.74 Å². The van der Waals surface area contributed by atoms with Crippen LogP contribution in [0.5, 0.6) is 0 Å². The maximum Gasteiger partial charge on any atom is 0.0630 e. The molecule has 1 aliphatic heterocycles. The Labute approximate surface area is 94.2 Å². The van der Waals surface area contributed by atoms with E-state index in [1.807, 2.05) is 7.05 Å². The largest absolute Gasteiger partial charge is 0.383 e. The lowest BCUT2D eigenvalue weighted by Gasteiger charge is -2.37. The van der Waals surface area contributed by atoms with Crippen molar-refractivity contribution in [1.82, 2.24) is 10.2 Å². The quantitative estimate of drug-likeness (QED) is 0.722. The number of likely N-dealkylation sites (N-methyl/N-ethyl adjacent to an activating group) is 1. The van der Waals surface area contributed by atoms with Crippen LogP contribution in [0, 0.1) is 5.92 Å². The Hall–Kier alpha value is -0.120. The molecule has 0 aromatic rings. The van der Waals surface area contributed by atoms with Crippen LogP contribution in [0.3, 0.4) is 0 Å². The summed E-state index contributed by atoms with van der Waals surface area (Å²) in [7, 11) is 3.81. The van der Waals surface area contributed by atoms with E-state index < -0.39 is 0 Å². The van der Waals surface area contributed by atoms with Crippen molar-refractivity contribution in [2.45, 2.75) is 32.2 Å².